The third kappa shape index (κ3) is 6.95. The molecule has 1 amide bonds. The summed E-state index contributed by atoms with van der Waals surface area (Å²) in [6.45, 7) is 5.79. The number of methoxy groups -OCH3 is 1. The van der Waals surface area contributed by atoms with Crippen LogP contribution in [0.4, 0.5) is 4.39 Å². The average molecular weight is 341 g/mol. The minimum absolute atomic E-state index is 0.0851. The molecule has 24 heavy (non-hydrogen) atoms. The number of hydrogen-bond donors (Lipinski definition) is 2. The second-order valence-electron chi connectivity index (χ2n) is 6.35. The molecule has 1 unspecified atom stereocenters. The van der Waals surface area contributed by atoms with E-state index < -0.39 is 23.7 Å². The van der Waals surface area contributed by atoms with Gasteiger partial charge in [0.1, 0.15) is 6.04 Å². The highest BCUT2D eigenvalue weighted by molar-refractivity contribution is 5.84. The van der Waals surface area contributed by atoms with Crippen molar-refractivity contribution in [3.8, 4) is 5.75 Å². The summed E-state index contributed by atoms with van der Waals surface area (Å²) in [5.74, 6) is -2.12. The Hall–Kier alpha value is -2.15. The maximum absolute atomic E-state index is 13.6. The second kappa shape index (κ2) is 8.63. The van der Waals surface area contributed by atoms with Crippen molar-refractivity contribution in [1.29, 1.82) is 0 Å². The summed E-state index contributed by atoms with van der Waals surface area (Å²) in [7, 11) is 1.35. The molecule has 0 fully saturated rings. The Kier molecular flexibility index (Phi) is 7.16. The van der Waals surface area contributed by atoms with Gasteiger partial charge >= 0.3 is 5.97 Å². The number of amides is 1. The van der Waals surface area contributed by atoms with Crippen LogP contribution in [-0.2, 0) is 20.7 Å². The van der Waals surface area contributed by atoms with Crippen LogP contribution in [0, 0.1) is 5.82 Å². The van der Waals surface area contributed by atoms with E-state index in [0.29, 0.717) is 5.56 Å². The summed E-state index contributed by atoms with van der Waals surface area (Å²) in [6.07, 6.45) is 0.0279. The molecule has 134 valence electrons. The summed E-state index contributed by atoms with van der Waals surface area (Å²) >= 11 is 0. The zero-order valence-electron chi connectivity index (χ0n) is 14.4. The van der Waals surface area contributed by atoms with Gasteiger partial charge in [0.05, 0.1) is 19.1 Å². The number of aliphatic carboxylic acids is 1. The fourth-order valence-corrected chi connectivity index (χ4v) is 1.99. The molecular weight excluding hydrogens is 317 g/mol. The number of benzene rings is 1. The van der Waals surface area contributed by atoms with Gasteiger partial charge in [-0.1, -0.05) is 6.07 Å². The van der Waals surface area contributed by atoms with E-state index >= 15 is 0 Å². The van der Waals surface area contributed by atoms with E-state index in [9.17, 15) is 19.1 Å². The maximum atomic E-state index is 13.6. The van der Waals surface area contributed by atoms with Crippen LogP contribution in [0.2, 0.25) is 0 Å². The van der Waals surface area contributed by atoms with E-state index in [1.807, 2.05) is 20.8 Å². The Bertz CT molecular complexity index is 583. The molecule has 0 aromatic heterocycles. The number of halogens is 1. The summed E-state index contributed by atoms with van der Waals surface area (Å²) in [6, 6.07) is 3.11. The zero-order valence-corrected chi connectivity index (χ0v) is 14.4. The molecule has 0 aliphatic carbocycles. The summed E-state index contributed by atoms with van der Waals surface area (Å²) in [4.78, 5) is 23.2. The molecule has 0 aliphatic rings. The number of nitrogens with one attached hydrogen (secondary N) is 1. The van der Waals surface area contributed by atoms with Crippen molar-refractivity contribution in [3.63, 3.8) is 0 Å². The van der Waals surface area contributed by atoms with Crippen LogP contribution in [0.1, 0.15) is 32.8 Å². The van der Waals surface area contributed by atoms with Gasteiger partial charge in [0.25, 0.3) is 0 Å². The maximum Gasteiger partial charge on any atom is 0.326 e. The smallest absolute Gasteiger partial charge is 0.326 e. The molecule has 0 aliphatic heterocycles. The molecule has 0 saturated heterocycles. The van der Waals surface area contributed by atoms with E-state index in [-0.39, 0.29) is 30.8 Å². The number of hydrogen-bond acceptors (Lipinski definition) is 4. The zero-order chi connectivity index (χ0) is 18.3. The summed E-state index contributed by atoms with van der Waals surface area (Å²) in [5.41, 5.74) is 0.0501. The molecule has 1 atom stereocenters. The summed E-state index contributed by atoms with van der Waals surface area (Å²) in [5, 5.41) is 11.6. The molecule has 1 rings (SSSR count). The lowest BCUT2D eigenvalue weighted by Crippen LogP contribution is -2.42. The number of carboxylic acid groups (broad SMARTS) is 1. The number of carboxylic acids is 1. The molecule has 0 radical (unpaired) electrons. The van der Waals surface area contributed by atoms with E-state index in [0.717, 1.165) is 0 Å². The first-order valence-electron chi connectivity index (χ1n) is 7.61. The minimum atomic E-state index is -1.14. The van der Waals surface area contributed by atoms with Crippen molar-refractivity contribution in [2.75, 3.05) is 13.7 Å². The van der Waals surface area contributed by atoms with Gasteiger partial charge in [-0.25, -0.2) is 9.18 Å². The lowest BCUT2D eigenvalue weighted by molar-refractivity contribution is -0.142. The second-order valence-corrected chi connectivity index (χ2v) is 6.35. The highest BCUT2D eigenvalue weighted by Crippen LogP contribution is 2.18. The molecule has 6 nitrogen and oxygen atoms in total. The quantitative estimate of drug-likeness (QED) is 0.757. The number of ether oxygens (including phenoxy) is 2. The molecular formula is C17H24FNO5. The Morgan fingerprint density at radius 3 is 2.50 bits per heavy atom. The Morgan fingerprint density at radius 2 is 2.00 bits per heavy atom. The highest BCUT2D eigenvalue weighted by Gasteiger charge is 2.21. The first-order chi connectivity index (χ1) is 11.1. The first-order valence-corrected chi connectivity index (χ1v) is 7.61. The van der Waals surface area contributed by atoms with E-state index in [4.69, 9.17) is 9.47 Å². The highest BCUT2D eigenvalue weighted by atomic mass is 19.1. The van der Waals surface area contributed by atoms with Crippen LogP contribution in [-0.4, -0.2) is 42.3 Å². The monoisotopic (exact) mass is 341 g/mol. The lowest BCUT2D eigenvalue weighted by Gasteiger charge is -2.21. The molecule has 0 heterocycles. The third-order valence-electron chi connectivity index (χ3n) is 3.16. The predicted octanol–water partition coefficient (Wildman–Crippen LogP) is 2.15. The predicted molar refractivity (Wildman–Crippen MR) is 86.5 cm³/mol. The van der Waals surface area contributed by atoms with Crippen molar-refractivity contribution >= 4 is 11.9 Å². The van der Waals surface area contributed by atoms with Crippen molar-refractivity contribution in [1.82, 2.24) is 5.32 Å². The van der Waals surface area contributed by atoms with Gasteiger partial charge in [-0.05, 0) is 38.5 Å². The average Bonchev–Trinajstić information content (AvgIpc) is 2.45. The lowest BCUT2D eigenvalue weighted by atomic mass is 10.1. The number of rotatable bonds is 8. The van der Waals surface area contributed by atoms with Crippen LogP contribution < -0.4 is 10.1 Å². The summed E-state index contributed by atoms with van der Waals surface area (Å²) < 4.78 is 23.9. The topological polar surface area (TPSA) is 84.9 Å². The van der Waals surface area contributed by atoms with Gasteiger partial charge in [0, 0.05) is 13.0 Å². The van der Waals surface area contributed by atoms with Crippen molar-refractivity contribution in [3.05, 3.63) is 29.6 Å². The molecule has 0 spiro atoms. The van der Waals surface area contributed by atoms with Crippen molar-refractivity contribution in [2.24, 2.45) is 0 Å². The number of carbonyl (C=O) groups is 2. The van der Waals surface area contributed by atoms with E-state index in [1.165, 1.54) is 19.2 Å². The van der Waals surface area contributed by atoms with Gasteiger partial charge in [0.15, 0.2) is 11.6 Å². The molecule has 0 bridgehead atoms. The first kappa shape index (κ1) is 19.9. The molecule has 0 saturated carbocycles. The molecule has 7 heteroatoms. The van der Waals surface area contributed by atoms with Crippen LogP contribution in [0.3, 0.4) is 0 Å². The molecule has 2 N–H and O–H groups in total. The van der Waals surface area contributed by atoms with Crippen LogP contribution in [0.5, 0.6) is 5.75 Å². The van der Waals surface area contributed by atoms with Gasteiger partial charge in [0.2, 0.25) is 5.91 Å². The Labute approximate surface area is 141 Å². The van der Waals surface area contributed by atoms with Gasteiger partial charge in [-0.2, -0.15) is 0 Å². The SMILES string of the molecule is COc1ccc(CC(=O)NC(CCOC(C)(C)C)C(=O)O)cc1F. The molecule has 1 aromatic rings. The van der Waals surface area contributed by atoms with Crippen LogP contribution >= 0.6 is 0 Å². The van der Waals surface area contributed by atoms with Crippen molar-refractivity contribution < 1.29 is 28.6 Å². The van der Waals surface area contributed by atoms with Gasteiger partial charge in [-0.15, -0.1) is 0 Å². The van der Waals surface area contributed by atoms with Crippen LogP contribution in [0.25, 0.3) is 0 Å². The third-order valence-corrected chi connectivity index (χ3v) is 3.16. The fourth-order valence-electron chi connectivity index (χ4n) is 1.99. The van der Waals surface area contributed by atoms with Crippen molar-refractivity contribution in [2.45, 2.75) is 45.3 Å². The Morgan fingerprint density at radius 1 is 1.33 bits per heavy atom. The number of carbonyl (C=O) groups excluding carboxylic acids is 1. The largest absolute Gasteiger partial charge is 0.494 e. The van der Waals surface area contributed by atoms with E-state index in [1.54, 1.807) is 6.07 Å². The Balaban J connectivity index is 2.59. The molecule has 1 aromatic carbocycles. The van der Waals surface area contributed by atoms with Gasteiger partial charge < -0.3 is 19.9 Å². The van der Waals surface area contributed by atoms with Gasteiger partial charge in [-0.3, -0.25) is 4.79 Å². The minimum Gasteiger partial charge on any atom is -0.494 e. The van der Waals surface area contributed by atoms with Crippen LogP contribution in [0.15, 0.2) is 18.2 Å². The standard InChI is InChI=1S/C17H24FNO5/c1-17(2,3)24-8-7-13(16(21)22)19-15(20)10-11-5-6-14(23-4)12(18)9-11/h5-6,9,13H,7-8,10H2,1-4H3,(H,19,20)(H,21,22). The normalized spacial score (nSPS) is 12.5. The fraction of sp³-hybridized carbons (Fsp3) is 0.529. The van der Waals surface area contributed by atoms with E-state index in [2.05, 4.69) is 5.32 Å².